The van der Waals surface area contributed by atoms with Gasteiger partial charge in [-0.3, -0.25) is 9.47 Å². The Bertz CT molecular complexity index is 935. The fourth-order valence-corrected chi connectivity index (χ4v) is 4.05. The average molecular weight is 330 g/mol. The third-order valence-electron chi connectivity index (χ3n) is 5.33. The highest BCUT2D eigenvalue weighted by Crippen LogP contribution is 2.39. The lowest BCUT2D eigenvalue weighted by Crippen LogP contribution is -2.21. The molecule has 4 nitrogen and oxygen atoms in total. The van der Waals surface area contributed by atoms with Crippen molar-refractivity contribution >= 4 is 11.4 Å². The number of nitrogens with zero attached hydrogens (tertiary/aromatic N) is 3. The summed E-state index contributed by atoms with van der Waals surface area (Å²) < 4.78 is 2.36. The Morgan fingerprint density at radius 3 is 2.52 bits per heavy atom. The first-order chi connectivity index (χ1) is 12.3. The lowest BCUT2D eigenvalue weighted by Gasteiger charge is -2.18. The van der Waals surface area contributed by atoms with E-state index in [1.165, 1.54) is 37.3 Å². The van der Waals surface area contributed by atoms with Gasteiger partial charge in [-0.05, 0) is 57.1 Å². The highest BCUT2D eigenvalue weighted by Gasteiger charge is 2.25. The molecule has 0 amide bonds. The van der Waals surface area contributed by atoms with Crippen LogP contribution < -0.4 is 5.32 Å². The van der Waals surface area contributed by atoms with Gasteiger partial charge in [0, 0.05) is 17.8 Å². The normalized spacial score (nSPS) is 15.9. The van der Waals surface area contributed by atoms with E-state index in [2.05, 4.69) is 70.2 Å². The SMILES string of the molecule is Cc1nc2n(c1CN1CCCC1)-c1ccccc1Nc1ccccc1-2. The zero-order chi connectivity index (χ0) is 16.8. The summed E-state index contributed by atoms with van der Waals surface area (Å²) in [5.41, 5.74) is 7.04. The number of nitrogens with one attached hydrogen (secondary N) is 1. The van der Waals surface area contributed by atoms with Gasteiger partial charge >= 0.3 is 0 Å². The molecule has 2 aromatic carbocycles. The van der Waals surface area contributed by atoms with Crippen LogP contribution in [-0.2, 0) is 6.54 Å². The fraction of sp³-hybridized carbons (Fsp3) is 0.286. The van der Waals surface area contributed by atoms with E-state index in [4.69, 9.17) is 4.98 Å². The minimum atomic E-state index is 0.968. The van der Waals surface area contributed by atoms with Gasteiger partial charge in [0.1, 0.15) is 5.82 Å². The second kappa shape index (κ2) is 5.74. The smallest absolute Gasteiger partial charge is 0.147 e. The molecule has 0 bridgehead atoms. The van der Waals surface area contributed by atoms with Crippen molar-refractivity contribution in [2.24, 2.45) is 0 Å². The number of benzene rings is 2. The Morgan fingerprint density at radius 1 is 0.960 bits per heavy atom. The van der Waals surface area contributed by atoms with Crippen LogP contribution in [0.3, 0.4) is 0 Å². The van der Waals surface area contributed by atoms with Gasteiger partial charge in [-0.1, -0.05) is 24.3 Å². The van der Waals surface area contributed by atoms with Crippen molar-refractivity contribution in [3.05, 3.63) is 59.9 Å². The quantitative estimate of drug-likeness (QED) is 0.587. The molecule has 4 heteroatoms. The molecular weight excluding hydrogens is 308 g/mol. The minimum absolute atomic E-state index is 0.968. The summed E-state index contributed by atoms with van der Waals surface area (Å²) in [6.07, 6.45) is 2.61. The van der Waals surface area contributed by atoms with E-state index in [0.717, 1.165) is 35.0 Å². The van der Waals surface area contributed by atoms with Crippen molar-refractivity contribution in [2.75, 3.05) is 18.4 Å². The van der Waals surface area contributed by atoms with Crippen molar-refractivity contribution in [3.63, 3.8) is 0 Å². The molecule has 0 unspecified atom stereocenters. The number of aryl methyl sites for hydroxylation is 1. The molecule has 0 spiro atoms. The van der Waals surface area contributed by atoms with Crippen molar-refractivity contribution in [2.45, 2.75) is 26.3 Å². The Morgan fingerprint density at radius 2 is 1.68 bits per heavy atom. The largest absolute Gasteiger partial charge is 0.353 e. The summed E-state index contributed by atoms with van der Waals surface area (Å²) in [5.74, 6) is 1.04. The van der Waals surface area contributed by atoms with Crippen molar-refractivity contribution in [1.29, 1.82) is 0 Å². The molecule has 1 N–H and O–H groups in total. The number of imidazole rings is 1. The summed E-state index contributed by atoms with van der Waals surface area (Å²) in [7, 11) is 0. The molecule has 1 saturated heterocycles. The van der Waals surface area contributed by atoms with Crippen LogP contribution in [0.5, 0.6) is 0 Å². The first-order valence-electron chi connectivity index (χ1n) is 9.07. The summed E-state index contributed by atoms with van der Waals surface area (Å²) >= 11 is 0. The van der Waals surface area contributed by atoms with Crippen LogP contribution in [-0.4, -0.2) is 27.5 Å². The highest BCUT2D eigenvalue weighted by molar-refractivity contribution is 5.85. The van der Waals surface area contributed by atoms with E-state index in [1.807, 2.05) is 0 Å². The molecule has 0 radical (unpaired) electrons. The second-order valence-corrected chi connectivity index (χ2v) is 6.97. The predicted octanol–water partition coefficient (Wildman–Crippen LogP) is 4.50. The zero-order valence-electron chi connectivity index (χ0n) is 14.5. The van der Waals surface area contributed by atoms with Crippen LogP contribution in [0.15, 0.2) is 48.5 Å². The molecule has 25 heavy (non-hydrogen) atoms. The monoisotopic (exact) mass is 330 g/mol. The molecule has 0 aliphatic carbocycles. The third-order valence-corrected chi connectivity index (χ3v) is 5.33. The number of hydrogen-bond donors (Lipinski definition) is 1. The van der Waals surface area contributed by atoms with E-state index in [0.29, 0.717) is 0 Å². The molecule has 2 aliphatic rings. The number of aromatic nitrogens is 2. The molecule has 0 saturated carbocycles. The van der Waals surface area contributed by atoms with Gasteiger partial charge < -0.3 is 5.32 Å². The average Bonchev–Trinajstić information content (AvgIpc) is 3.22. The maximum absolute atomic E-state index is 4.99. The lowest BCUT2D eigenvalue weighted by molar-refractivity contribution is 0.324. The van der Waals surface area contributed by atoms with E-state index in [-0.39, 0.29) is 0 Å². The number of anilines is 2. The first kappa shape index (κ1) is 14.7. The summed E-state index contributed by atoms with van der Waals surface area (Å²) in [6.45, 7) is 5.49. The molecule has 5 rings (SSSR count). The maximum atomic E-state index is 4.99. The number of likely N-dealkylation sites (tertiary alicyclic amines) is 1. The third kappa shape index (κ3) is 2.36. The van der Waals surface area contributed by atoms with Crippen LogP contribution in [0.1, 0.15) is 24.2 Å². The molecule has 3 heterocycles. The fourth-order valence-electron chi connectivity index (χ4n) is 4.05. The number of para-hydroxylation sites is 3. The highest BCUT2D eigenvalue weighted by atomic mass is 15.2. The summed E-state index contributed by atoms with van der Waals surface area (Å²) in [4.78, 5) is 7.54. The minimum Gasteiger partial charge on any atom is -0.353 e. The summed E-state index contributed by atoms with van der Waals surface area (Å²) in [5, 5.41) is 3.60. The summed E-state index contributed by atoms with van der Waals surface area (Å²) in [6, 6.07) is 17.0. The number of rotatable bonds is 2. The van der Waals surface area contributed by atoms with Crippen LogP contribution in [0, 0.1) is 6.92 Å². The van der Waals surface area contributed by atoms with E-state index in [1.54, 1.807) is 0 Å². The molecule has 126 valence electrons. The van der Waals surface area contributed by atoms with Gasteiger partial charge in [0.25, 0.3) is 0 Å². The molecule has 3 aromatic rings. The van der Waals surface area contributed by atoms with Gasteiger partial charge in [-0.2, -0.15) is 0 Å². The Labute approximate surface area is 148 Å². The Balaban J connectivity index is 1.75. The van der Waals surface area contributed by atoms with Gasteiger partial charge in [0.2, 0.25) is 0 Å². The van der Waals surface area contributed by atoms with Gasteiger partial charge in [0.15, 0.2) is 0 Å². The molecule has 0 atom stereocenters. The van der Waals surface area contributed by atoms with E-state index < -0.39 is 0 Å². The van der Waals surface area contributed by atoms with E-state index >= 15 is 0 Å². The van der Waals surface area contributed by atoms with Crippen molar-refractivity contribution < 1.29 is 0 Å². The Kier molecular flexibility index (Phi) is 3.38. The zero-order valence-corrected chi connectivity index (χ0v) is 14.5. The molecular formula is C21H22N4. The molecule has 1 aromatic heterocycles. The molecule has 2 aliphatic heterocycles. The van der Waals surface area contributed by atoms with Gasteiger partial charge in [-0.15, -0.1) is 0 Å². The van der Waals surface area contributed by atoms with Crippen LogP contribution in [0.4, 0.5) is 11.4 Å². The maximum Gasteiger partial charge on any atom is 0.147 e. The molecule has 1 fully saturated rings. The Hall–Kier alpha value is -2.59. The topological polar surface area (TPSA) is 33.1 Å². The van der Waals surface area contributed by atoms with Gasteiger partial charge in [-0.25, -0.2) is 4.98 Å². The number of fused-ring (bicyclic) bond motifs is 5. The second-order valence-electron chi connectivity index (χ2n) is 6.97. The van der Waals surface area contributed by atoms with Crippen LogP contribution in [0.2, 0.25) is 0 Å². The van der Waals surface area contributed by atoms with Gasteiger partial charge in [0.05, 0.1) is 22.8 Å². The van der Waals surface area contributed by atoms with Crippen molar-refractivity contribution in [3.8, 4) is 17.1 Å². The van der Waals surface area contributed by atoms with Crippen LogP contribution >= 0.6 is 0 Å². The first-order valence-corrected chi connectivity index (χ1v) is 9.07. The van der Waals surface area contributed by atoms with E-state index in [9.17, 15) is 0 Å². The predicted molar refractivity (Wildman–Crippen MR) is 102 cm³/mol. The van der Waals surface area contributed by atoms with Crippen LogP contribution in [0.25, 0.3) is 17.1 Å². The number of hydrogen-bond acceptors (Lipinski definition) is 3. The lowest BCUT2D eigenvalue weighted by atomic mass is 10.1. The standard InChI is InChI=1S/C21H22N4/c1-15-20(14-24-12-6-7-13-24)25-19-11-5-4-10-18(19)23-17-9-3-2-8-16(17)21(25)22-15/h2-5,8-11,23H,6-7,12-14H2,1H3. The van der Waals surface area contributed by atoms with Crippen molar-refractivity contribution in [1.82, 2.24) is 14.5 Å².